The van der Waals surface area contributed by atoms with Crippen molar-refractivity contribution in [2.75, 3.05) is 5.32 Å². The summed E-state index contributed by atoms with van der Waals surface area (Å²) in [5.74, 6) is -0.699. The molecule has 0 bridgehead atoms. The van der Waals surface area contributed by atoms with Gasteiger partial charge in [-0.15, -0.1) is 0 Å². The lowest BCUT2D eigenvalue weighted by Crippen LogP contribution is -2.38. The molecule has 156 valence electrons. The molecule has 1 aromatic carbocycles. The number of nitro benzene ring substituents is 1. The molecule has 3 rings (SSSR count). The van der Waals surface area contributed by atoms with Gasteiger partial charge in [0.25, 0.3) is 17.2 Å². The highest BCUT2D eigenvalue weighted by atomic mass is 16.6. The Bertz CT molecular complexity index is 1320. The summed E-state index contributed by atoms with van der Waals surface area (Å²) in [6, 6.07) is 4.16. The summed E-state index contributed by atoms with van der Waals surface area (Å²) in [6.45, 7) is 5.33. The zero-order valence-corrected chi connectivity index (χ0v) is 17.2. The number of rotatable bonds is 4. The van der Waals surface area contributed by atoms with Crippen LogP contribution in [0.25, 0.3) is 11.0 Å². The third-order valence-electron chi connectivity index (χ3n) is 5.03. The first kappa shape index (κ1) is 20.9. The number of carbonyl (C=O) groups is 1. The standard InChI is InChI=1S/C20H21N5O5/c1-10(2)13-9-21-17-15(19(27)24(5)20(28)23(17)4)16(13)22-18(26)12-7-6-11(3)14(8-12)25(29)30/h6-10H,1-5H3,(H,21,22,26). The number of amides is 1. The lowest BCUT2D eigenvalue weighted by Gasteiger charge is -2.17. The summed E-state index contributed by atoms with van der Waals surface area (Å²) in [5.41, 5.74) is 0.179. The van der Waals surface area contributed by atoms with Gasteiger partial charge >= 0.3 is 5.69 Å². The third kappa shape index (κ3) is 3.36. The number of nitro groups is 1. The molecule has 0 aliphatic heterocycles. The quantitative estimate of drug-likeness (QED) is 0.518. The Morgan fingerprint density at radius 2 is 1.87 bits per heavy atom. The van der Waals surface area contributed by atoms with Crippen LogP contribution in [0.2, 0.25) is 0 Å². The Balaban J connectivity index is 2.25. The van der Waals surface area contributed by atoms with Crippen LogP contribution in [0.15, 0.2) is 34.0 Å². The lowest BCUT2D eigenvalue weighted by atomic mass is 10.0. The number of fused-ring (bicyclic) bond motifs is 1. The van der Waals surface area contributed by atoms with Crippen molar-refractivity contribution in [3.63, 3.8) is 0 Å². The van der Waals surface area contributed by atoms with Gasteiger partial charge in [-0.25, -0.2) is 9.78 Å². The van der Waals surface area contributed by atoms with E-state index >= 15 is 0 Å². The zero-order valence-electron chi connectivity index (χ0n) is 17.2. The van der Waals surface area contributed by atoms with Gasteiger partial charge in [-0.05, 0) is 24.5 Å². The van der Waals surface area contributed by atoms with Gasteiger partial charge in [-0.3, -0.25) is 28.8 Å². The van der Waals surface area contributed by atoms with Gasteiger partial charge in [-0.2, -0.15) is 0 Å². The van der Waals surface area contributed by atoms with Gasteiger partial charge in [0.2, 0.25) is 0 Å². The third-order valence-corrected chi connectivity index (χ3v) is 5.03. The van der Waals surface area contributed by atoms with E-state index in [1.165, 1.54) is 43.1 Å². The molecule has 0 radical (unpaired) electrons. The van der Waals surface area contributed by atoms with Crippen LogP contribution < -0.4 is 16.6 Å². The van der Waals surface area contributed by atoms with Crippen molar-refractivity contribution in [3.8, 4) is 0 Å². The minimum Gasteiger partial charge on any atom is -0.321 e. The van der Waals surface area contributed by atoms with Crippen LogP contribution >= 0.6 is 0 Å². The average molecular weight is 411 g/mol. The number of hydrogen-bond acceptors (Lipinski definition) is 6. The molecule has 2 heterocycles. The Morgan fingerprint density at radius 1 is 1.20 bits per heavy atom. The van der Waals surface area contributed by atoms with Crippen molar-refractivity contribution in [1.82, 2.24) is 14.1 Å². The van der Waals surface area contributed by atoms with E-state index in [1.54, 1.807) is 6.92 Å². The molecule has 0 fully saturated rings. The molecule has 0 atom stereocenters. The van der Waals surface area contributed by atoms with E-state index in [2.05, 4.69) is 10.3 Å². The highest BCUT2D eigenvalue weighted by Crippen LogP contribution is 2.29. The van der Waals surface area contributed by atoms with Crippen LogP contribution in [0, 0.1) is 17.0 Å². The highest BCUT2D eigenvalue weighted by molar-refractivity contribution is 6.09. The van der Waals surface area contributed by atoms with Crippen molar-refractivity contribution in [3.05, 3.63) is 72.0 Å². The summed E-state index contributed by atoms with van der Waals surface area (Å²) in [7, 11) is 2.84. The number of aryl methyl sites for hydroxylation is 2. The van der Waals surface area contributed by atoms with Gasteiger partial charge in [0.05, 0.1) is 10.6 Å². The fraction of sp³-hybridized carbons (Fsp3) is 0.300. The van der Waals surface area contributed by atoms with Crippen LogP contribution in [-0.2, 0) is 14.1 Å². The molecule has 30 heavy (non-hydrogen) atoms. The normalized spacial score (nSPS) is 11.1. The fourth-order valence-electron chi connectivity index (χ4n) is 3.25. The Kier molecular flexibility index (Phi) is 5.26. The number of benzene rings is 1. The van der Waals surface area contributed by atoms with E-state index in [-0.39, 0.29) is 33.9 Å². The van der Waals surface area contributed by atoms with Crippen molar-refractivity contribution in [2.45, 2.75) is 26.7 Å². The smallest absolute Gasteiger partial charge is 0.321 e. The van der Waals surface area contributed by atoms with Crippen LogP contribution in [0.4, 0.5) is 11.4 Å². The Labute approximate surface area is 170 Å². The molecule has 0 aliphatic carbocycles. The van der Waals surface area contributed by atoms with E-state index < -0.39 is 22.1 Å². The van der Waals surface area contributed by atoms with E-state index in [0.29, 0.717) is 11.1 Å². The molecular weight excluding hydrogens is 390 g/mol. The maximum Gasteiger partial charge on any atom is 0.332 e. The van der Waals surface area contributed by atoms with Crippen LogP contribution in [0.1, 0.15) is 41.3 Å². The summed E-state index contributed by atoms with van der Waals surface area (Å²) < 4.78 is 2.17. The van der Waals surface area contributed by atoms with Crippen LogP contribution in [0.3, 0.4) is 0 Å². The minimum atomic E-state index is -0.608. The van der Waals surface area contributed by atoms with E-state index in [4.69, 9.17) is 0 Å². The molecule has 0 aliphatic rings. The number of carbonyl (C=O) groups excluding carboxylic acids is 1. The molecule has 0 saturated carbocycles. The maximum absolute atomic E-state index is 12.9. The fourth-order valence-corrected chi connectivity index (χ4v) is 3.25. The molecule has 2 aromatic heterocycles. The molecule has 1 N–H and O–H groups in total. The maximum atomic E-state index is 12.9. The zero-order chi connectivity index (χ0) is 22.3. The Morgan fingerprint density at radius 3 is 2.47 bits per heavy atom. The molecule has 10 heteroatoms. The number of hydrogen-bond donors (Lipinski definition) is 1. The lowest BCUT2D eigenvalue weighted by molar-refractivity contribution is -0.385. The first-order valence-electron chi connectivity index (χ1n) is 9.19. The monoisotopic (exact) mass is 411 g/mol. The largest absolute Gasteiger partial charge is 0.332 e. The van der Waals surface area contributed by atoms with Crippen molar-refractivity contribution >= 4 is 28.3 Å². The van der Waals surface area contributed by atoms with E-state index in [1.807, 2.05) is 13.8 Å². The Hall–Kier alpha value is -3.82. The summed E-state index contributed by atoms with van der Waals surface area (Å²) in [4.78, 5) is 53.0. The van der Waals surface area contributed by atoms with Gasteiger partial charge in [0, 0.05) is 37.5 Å². The van der Waals surface area contributed by atoms with Crippen molar-refractivity contribution in [2.24, 2.45) is 14.1 Å². The summed E-state index contributed by atoms with van der Waals surface area (Å²) in [5, 5.41) is 14.0. The summed E-state index contributed by atoms with van der Waals surface area (Å²) in [6.07, 6.45) is 1.51. The molecule has 10 nitrogen and oxygen atoms in total. The van der Waals surface area contributed by atoms with E-state index in [9.17, 15) is 24.5 Å². The second-order valence-corrected chi connectivity index (χ2v) is 7.36. The van der Waals surface area contributed by atoms with Crippen LogP contribution in [0.5, 0.6) is 0 Å². The molecular formula is C20H21N5O5. The molecule has 0 unspecified atom stereocenters. The van der Waals surface area contributed by atoms with Gasteiger partial charge < -0.3 is 5.32 Å². The molecule has 1 amide bonds. The number of pyridine rings is 1. The number of nitrogens with zero attached hydrogens (tertiary/aromatic N) is 4. The molecule has 3 aromatic rings. The number of aromatic nitrogens is 3. The van der Waals surface area contributed by atoms with Crippen molar-refractivity contribution < 1.29 is 9.72 Å². The van der Waals surface area contributed by atoms with Gasteiger partial charge in [0.1, 0.15) is 5.39 Å². The second-order valence-electron chi connectivity index (χ2n) is 7.36. The second kappa shape index (κ2) is 7.54. The average Bonchev–Trinajstić information content (AvgIpc) is 2.70. The van der Waals surface area contributed by atoms with E-state index in [0.717, 1.165) is 4.57 Å². The summed E-state index contributed by atoms with van der Waals surface area (Å²) >= 11 is 0. The topological polar surface area (TPSA) is 129 Å². The first-order valence-corrected chi connectivity index (χ1v) is 9.19. The first-order chi connectivity index (χ1) is 14.0. The highest BCUT2D eigenvalue weighted by Gasteiger charge is 2.22. The molecule has 0 spiro atoms. The number of nitrogens with one attached hydrogen (secondary N) is 1. The predicted octanol–water partition coefficient (Wildman–Crippen LogP) is 2.22. The van der Waals surface area contributed by atoms with Gasteiger partial charge in [0.15, 0.2) is 5.65 Å². The number of anilines is 1. The SMILES string of the molecule is Cc1ccc(C(=O)Nc2c(C(C)C)cnc3c2c(=O)n(C)c(=O)n3C)cc1[N+](=O)[O-]. The predicted molar refractivity (Wildman–Crippen MR) is 112 cm³/mol. The molecule has 0 saturated heterocycles. The van der Waals surface area contributed by atoms with Gasteiger partial charge in [-0.1, -0.05) is 19.9 Å². The van der Waals surface area contributed by atoms with Crippen LogP contribution in [-0.4, -0.2) is 24.9 Å². The van der Waals surface area contributed by atoms with Crippen molar-refractivity contribution in [1.29, 1.82) is 0 Å². The minimum absolute atomic E-state index is 0.0774.